The fourth-order valence-corrected chi connectivity index (χ4v) is 4.26. The van der Waals surface area contributed by atoms with Crippen LogP contribution in [-0.2, 0) is 11.2 Å². The summed E-state index contributed by atoms with van der Waals surface area (Å²) < 4.78 is 0.649. The van der Waals surface area contributed by atoms with Crippen molar-refractivity contribution in [3.05, 3.63) is 46.5 Å². The summed E-state index contributed by atoms with van der Waals surface area (Å²) >= 11 is 5.93. The van der Waals surface area contributed by atoms with Gasteiger partial charge in [0.15, 0.2) is 6.23 Å². The molecule has 3 aliphatic heterocycles. The number of piperidine rings is 3. The monoisotopic (exact) mass is 350 g/mol. The molecule has 3 heterocycles. The Kier molecular flexibility index (Phi) is 5.28. The third kappa shape index (κ3) is 3.82. The number of hydrogen-bond acceptors (Lipinski definition) is 2. The summed E-state index contributed by atoms with van der Waals surface area (Å²) in [6, 6.07) is 7.92. The van der Waals surface area contributed by atoms with Crippen LogP contribution in [0.1, 0.15) is 31.2 Å². The maximum Gasteiger partial charge on any atom is 0.303 e. The first-order chi connectivity index (χ1) is 11.5. The molecule has 4 rings (SSSR count). The number of hydrogen-bond donors (Lipinski definition) is 2. The average molecular weight is 351 g/mol. The van der Waals surface area contributed by atoms with E-state index in [9.17, 15) is 9.90 Å². The Hall–Kier alpha value is -1.36. The molecule has 0 saturated carbocycles. The van der Waals surface area contributed by atoms with Crippen LogP contribution >= 0.6 is 11.6 Å². The zero-order chi connectivity index (χ0) is 17.2. The van der Waals surface area contributed by atoms with Crippen molar-refractivity contribution in [1.29, 1.82) is 0 Å². The second-order valence-electron chi connectivity index (χ2n) is 7.12. The molecule has 3 fully saturated rings. The molecule has 3 saturated heterocycles. The minimum atomic E-state index is -0.836. The van der Waals surface area contributed by atoms with Crippen LogP contribution in [0.25, 0.3) is 0 Å². The van der Waals surface area contributed by atoms with Gasteiger partial charge in [0.1, 0.15) is 6.54 Å². The van der Waals surface area contributed by atoms with Crippen LogP contribution in [0.2, 0.25) is 5.02 Å². The third-order valence-corrected chi connectivity index (χ3v) is 5.88. The first-order valence-electron chi connectivity index (χ1n) is 8.67. The summed E-state index contributed by atoms with van der Waals surface area (Å²) in [7, 11) is 0. The number of aliphatic carboxylic acids is 1. The number of carboxylic acids is 1. The minimum absolute atomic E-state index is 0.0361. The maximum atomic E-state index is 10.8. The van der Waals surface area contributed by atoms with Crippen LogP contribution in [-0.4, -0.2) is 46.5 Å². The van der Waals surface area contributed by atoms with Gasteiger partial charge in [0.2, 0.25) is 0 Å². The molecule has 0 aliphatic carbocycles. The van der Waals surface area contributed by atoms with Gasteiger partial charge >= 0.3 is 5.97 Å². The lowest BCUT2D eigenvalue weighted by atomic mass is 9.80. The van der Waals surface area contributed by atoms with Gasteiger partial charge in [-0.25, -0.2) is 0 Å². The number of carbonyl (C=O) groups is 1. The van der Waals surface area contributed by atoms with Gasteiger partial charge in [-0.15, -0.1) is 0 Å². The molecule has 0 aromatic heterocycles. The van der Waals surface area contributed by atoms with Gasteiger partial charge in [-0.05, 0) is 35.6 Å². The Bertz CT molecular complexity index is 618. The number of rotatable bonds is 6. The molecule has 2 bridgehead atoms. The maximum absolute atomic E-state index is 10.8. The lowest BCUT2D eigenvalue weighted by Gasteiger charge is -2.52. The van der Waals surface area contributed by atoms with Gasteiger partial charge in [0, 0.05) is 24.3 Å². The molecule has 1 aromatic rings. The van der Waals surface area contributed by atoms with Gasteiger partial charge in [0.25, 0.3) is 0 Å². The summed E-state index contributed by atoms with van der Waals surface area (Å²) in [4.78, 5) is 10.8. The number of nitrogens with zero attached hydrogens (tertiary/aromatic N) is 1. The highest BCUT2D eigenvalue weighted by Crippen LogP contribution is 2.39. The van der Waals surface area contributed by atoms with Gasteiger partial charge < -0.3 is 10.2 Å². The van der Waals surface area contributed by atoms with Crippen molar-refractivity contribution in [3.63, 3.8) is 0 Å². The van der Waals surface area contributed by atoms with E-state index in [1.54, 1.807) is 0 Å². The second-order valence-corrected chi connectivity index (χ2v) is 7.56. The fraction of sp³-hybridized carbons (Fsp3) is 0.526. The largest absolute Gasteiger partial charge is 0.481 e. The predicted octanol–water partition coefficient (Wildman–Crippen LogP) is 3.23. The number of aliphatic hydroxyl groups excluding tert-OH is 1. The molecule has 0 amide bonds. The molecule has 5 heteroatoms. The summed E-state index contributed by atoms with van der Waals surface area (Å²) in [5, 5.41) is 20.2. The number of allylic oxidation sites excluding steroid dienone is 1. The molecule has 130 valence electrons. The number of benzene rings is 1. The summed E-state index contributed by atoms with van der Waals surface area (Å²) in [6.07, 6.45) is 5.19. The lowest BCUT2D eigenvalue weighted by Crippen LogP contribution is -2.64. The molecule has 1 aromatic carbocycles. The van der Waals surface area contributed by atoms with E-state index in [0.29, 0.717) is 16.8 Å². The average Bonchev–Trinajstić information content (AvgIpc) is 2.60. The Morgan fingerprint density at radius 2 is 1.96 bits per heavy atom. The number of aliphatic hydroxyl groups is 1. The van der Waals surface area contributed by atoms with Crippen molar-refractivity contribution in [3.8, 4) is 0 Å². The summed E-state index contributed by atoms with van der Waals surface area (Å²) in [6.45, 7) is 2.78. The van der Waals surface area contributed by atoms with Crippen molar-refractivity contribution >= 4 is 17.6 Å². The van der Waals surface area contributed by atoms with Crippen LogP contribution in [0.15, 0.2) is 35.9 Å². The zero-order valence-electron chi connectivity index (χ0n) is 13.8. The van der Waals surface area contributed by atoms with Crippen LogP contribution in [0.3, 0.4) is 0 Å². The highest BCUT2D eigenvalue weighted by Gasteiger charge is 2.46. The molecule has 4 nitrogen and oxygen atoms in total. The second kappa shape index (κ2) is 7.26. The van der Waals surface area contributed by atoms with Gasteiger partial charge in [-0.1, -0.05) is 29.8 Å². The molecule has 3 aliphatic rings. The van der Waals surface area contributed by atoms with Crippen molar-refractivity contribution in [2.24, 2.45) is 5.92 Å². The lowest BCUT2D eigenvalue weighted by molar-refractivity contribution is -0.978. The van der Waals surface area contributed by atoms with E-state index in [-0.39, 0.29) is 6.42 Å². The number of halogens is 1. The van der Waals surface area contributed by atoms with Crippen molar-refractivity contribution in [2.45, 2.75) is 38.3 Å². The SMILES string of the molecule is O=C(O)CCC(O)[N+]12CCC(CC1)/C(=C/Cc1ccc(Cl)cc1)C2. The Labute approximate surface area is 147 Å². The topological polar surface area (TPSA) is 57.5 Å². The molecular weight excluding hydrogens is 326 g/mol. The summed E-state index contributed by atoms with van der Waals surface area (Å²) in [5.74, 6) is -0.207. The predicted molar refractivity (Wildman–Crippen MR) is 93.7 cm³/mol. The third-order valence-electron chi connectivity index (χ3n) is 5.63. The highest BCUT2D eigenvalue weighted by atomic mass is 35.5. The molecule has 2 N–H and O–H groups in total. The number of quaternary nitrogens is 1. The quantitative estimate of drug-likeness (QED) is 0.611. The first-order valence-corrected chi connectivity index (χ1v) is 9.05. The van der Waals surface area contributed by atoms with E-state index in [2.05, 4.69) is 6.08 Å². The van der Waals surface area contributed by atoms with E-state index < -0.39 is 12.2 Å². The van der Waals surface area contributed by atoms with Crippen LogP contribution < -0.4 is 0 Å². The van der Waals surface area contributed by atoms with Crippen LogP contribution in [0, 0.1) is 5.92 Å². The number of carboxylic acid groups (broad SMARTS) is 1. The van der Waals surface area contributed by atoms with E-state index in [1.807, 2.05) is 24.3 Å². The molecule has 24 heavy (non-hydrogen) atoms. The summed E-state index contributed by atoms with van der Waals surface area (Å²) in [5.41, 5.74) is 2.66. The Morgan fingerprint density at radius 3 is 2.58 bits per heavy atom. The van der Waals surface area contributed by atoms with Crippen molar-refractivity contribution in [1.82, 2.24) is 0 Å². The van der Waals surface area contributed by atoms with E-state index in [1.165, 1.54) is 11.1 Å². The van der Waals surface area contributed by atoms with Gasteiger partial charge in [0.05, 0.1) is 19.5 Å². The smallest absolute Gasteiger partial charge is 0.303 e. The minimum Gasteiger partial charge on any atom is -0.481 e. The van der Waals surface area contributed by atoms with Crippen molar-refractivity contribution in [2.75, 3.05) is 19.6 Å². The zero-order valence-corrected chi connectivity index (χ0v) is 14.6. The van der Waals surface area contributed by atoms with Crippen LogP contribution in [0.5, 0.6) is 0 Å². The molecule has 1 unspecified atom stereocenters. The first kappa shape index (κ1) is 17.5. The Balaban J connectivity index is 1.68. The van der Waals surface area contributed by atoms with Gasteiger partial charge in [-0.2, -0.15) is 0 Å². The Morgan fingerprint density at radius 1 is 1.29 bits per heavy atom. The highest BCUT2D eigenvalue weighted by molar-refractivity contribution is 6.30. The number of fused-ring (bicyclic) bond motifs is 3. The van der Waals surface area contributed by atoms with Gasteiger partial charge in [-0.3, -0.25) is 9.28 Å². The van der Waals surface area contributed by atoms with Crippen LogP contribution in [0.4, 0.5) is 0 Å². The molecular formula is C19H25ClNO3+. The van der Waals surface area contributed by atoms with E-state index in [0.717, 1.165) is 43.9 Å². The standard InChI is InChI=1S/C19H24ClNO3/c20-17-5-2-14(3-6-17)1-4-16-13-21(11-9-15(16)10-12-21)18(22)7-8-19(23)24/h2-6,15,18,22H,1,7-13H2/p+1/b16-4+. The van der Waals surface area contributed by atoms with Crippen molar-refractivity contribution < 1.29 is 19.5 Å². The van der Waals surface area contributed by atoms with E-state index >= 15 is 0 Å². The molecule has 1 atom stereocenters. The molecule has 0 radical (unpaired) electrons. The fourth-order valence-electron chi connectivity index (χ4n) is 4.13. The molecule has 0 spiro atoms. The normalized spacial score (nSPS) is 28.9. The van der Waals surface area contributed by atoms with E-state index in [4.69, 9.17) is 16.7 Å².